The van der Waals surface area contributed by atoms with E-state index in [-0.39, 0.29) is 25.4 Å². The summed E-state index contributed by atoms with van der Waals surface area (Å²) in [5.41, 5.74) is 0. The fraction of sp³-hybridized carbons (Fsp3) is 0.923. The maximum atomic E-state index is 12.4. The molecular formula is C39H78N2O5. The van der Waals surface area contributed by atoms with E-state index in [1.165, 1.54) is 70.6 Å². The van der Waals surface area contributed by atoms with Gasteiger partial charge in [-0.1, -0.05) is 111 Å². The third-order valence-corrected chi connectivity index (χ3v) is 8.80. The van der Waals surface area contributed by atoms with Crippen LogP contribution in [0.1, 0.15) is 196 Å². The van der Waals surface area contributed by atoms with Gasteiger partial charge in [0.05, 0.1) is 6.61 Å². The van der Waals surface area contributed by atoms with E-state index in [2.05, 4.69) is 31.0 Å². The SMILES string of the molecule is CCCCCCCOC(=O)CCCCCCCN(CCCCCCCC(=O)OC(CCCC)CCCCC)CCCCNC(C)=O.[HH]. The van der Waals surface area contributed by atoms with Crippen LogP contribution in [0.3, 0.4) is 0 Å². The van der Waals surface area contributed by atoms with E-state index in [1.807, 2.05) is 0 Å². The molecule has 1 N–H and O–H groups in total. The maximum absolute atomic E-state index is 12.4. The van der Waals surface area contributed by atoms with Crippen LogP contribution in [0.15, 0.2) is 0 Å². The third-order valence-electron chi connectivity index (χ3n) is 8.80. The van der Waals surface area contributed by atoms with E-state index in [0.29, 0.717) is 19.4 Å². The van der Waals surface area contributed by atoms with Gasteiger partial charge in [0, 0.05) is 27.7 Å². The molecule has 7 nitrogen and oxygen atoms in total. The molecule has 0 heterocycles. The summed E-state index contributed by atoms with van der Waals surface area (Å²) in [6.07, 6.45) is 28.2. The Morgan fingerprint density at radius 3 is 1.65 bits per heavy atom. The van der Waals surface area contributed by atoms with Crippen molar-refractivity contribution in [3.05, 3.63) is 0 Å². The Labute approximate surface area is 286 Å². The Hall–Kier alpha value is -1.63. The van der Waals surface area contributed by atoms with Crippen molar-refractivity contribution in [1.29, 1.82) is 0 Å². The van der Waals surface area contributed by atoms with Gasteiger partial charge < -0.3 is 19.7 Å². The van der Waals surface area contributed by atoms with Crippen molar-refractivity contribution < 1.29 is 25.3 Å². The summed E-state index contributed by atoms with van der Waals surface area (Å²) in [5.74, 6) is 0.00919. The van der Waals surface area contributed by atoms with Crippen molar-refractivity contribution in [3.8, 4) is 0 Å². The number of hydrogen-bond acceptors (Lipinski definition) is 6. The lowest BCUT2D eigenvalue weighted by molar-refractivity contribution is -0.150. The Bertz CT molecular complexity index is 709. The highest BCUT2D eigenvalue weighted by Gasteiger charge is 2.14. The number of ether oxygens (including phenoxy) is 2. The van der Waals surface area contributed by atoms with E-state index in [0.717, 1.165) is 110 Å². The molecule has 0 bridgehead atoms. The maximum Gasteiger partial charge on any atom is 0.306 e. The Morgan fingerprint density at radius 2 is 1.04 bits per heavy atom. The van der Waals surface area contributed by atoms with Crippen molar-refractivity contribution in [1.82, 2.24) is 10.2 Å². The first-order valence-electron chi connectivity index (χ1n) is 19.7. The molecule has 1 atom stereocenters. The zero-order valence-electron chi connectivity index (χ0n) is 31.0. The van der Waals surface area contributed by atoms with Crippen molar-refractivity contribution in [2.24, 2.45) is 0 Å². The van der Waals surface area contributed by atoms with E-state index >= 15 is 0 Å². The van der Waals surface area contributed by atoms with Gasteiger partial charge in [-0.25, -0.2) is 0 Å². The minimum atomic E-state index is -0.0327. The second-order valence-electron chi connectivity index (χ2n) is 13.5. The van der Waals surface area contributed by atoms with Crippen molar-refractivity contribution in [2.45, 2.75) is 201 Å². The monoisotopic (exact) mass is 655 g/mol. The summed E-state index contributed by atoms with van der Waals surface area (Å²) in [6, 6.07) is 0. The van der Waals surface area contributed by atoms with Gasteiger partial charge in [-0.15, -0.1) is 0 Å². The van der Waals surface area contributed by atoms with Crippen molar-refractivity contribution >= 4 is 17.8 Å². The van der Waals surface area contributed by atoms with Gasteiger partial charge in [0.25, 0.3) is 0 Å². The minimum Gasteiger partial charge on any atom is -0.466 e. The molecular weight excluding hydrogens is 576 g/mol. The van der Waals surface area contributed by atoms with Crippen LogP contribution in [0.2, 0.25) is 0 Å². The molecule has 0 spiro atoms. The fourth-order valence-corrected chi connectivity index (χ4v) is 5.85. The number of carbonyl (C=O) groups is 3. The highest BCUT2D eigenvalue weighted by atomic mass is 16.5. The van der Waals surface area contributed by atoms with Gasteiger partial charge in [-0.3, -0.25) is 14.4 Å². The lowest BCUT2D eigenvalue weighted by Gasteiger charge is -2.22. The Morgan fingerprint density at radius 1 is 0.565 bits per heavy atom. The molecule has 0 aliphatic heterocycles. The summed E-state index contributed by atoms with van der Waals surface area (Å²) < 4.78 is 11.2. The summed E-state index contributed by atoms with van der Waals surface area (Å²) in [4.78, 5) is 38.1. The normalized spacial score (nSPS) is 11.9. The Kier molecular flexibility index (Phi) is 33.5. The molecule has 0 rings (SSSR count). The zero-order valence-corrected chi connectivity index (χ0v) is 31.0. The first-order valence-corrected chi connectivity index (χ1v) is 19.7. The third kappa shape index (κ3) is 32.3. The van der Waals surface area contributed by atoms with Crippen LogP contribution in [-0.4, -0.2) is 61.6 Å². The molecule has 0 aromatic rings. The van der Waals surface area contributed by atoms with E-state index in [4.69, 9.17) is 9.47 Å². The lowest BCUT2D eigenvalue weighted by Crippen LogP contribution is -2.28. The second-order valence-corrected chi connectivity index (χ2v) is 13.5. The quantitative estimate of drug-likeness (QED) is 0.0541. The lowest BCUT2D eigenvalue weighted by atomic mass is 10.1. The van der Waals surface area contributed by atoms with Crippen LogP contribution in [0, 0.1) is 0 Å². The largest absolute Gasteiger partial charge is 0.466 e. The van der Waals surface area contributed by atoms with Gasteiger partial charge in [-0.05, 0) is 83.8 Å². The first kappa shape index (κ1) is 44.4. The molecule has 0 radical (unpaired) electrons. The highest BCUT2D eigenvalue weighted by Crippen LogP contribution is 2.16. The number of unbranched alkanes of at least 4 members (excludes halogenated alkanes) is 16. The fourth-order valence-electron chi connectivity index (χ4n) is 5.85. The molecule has 1 amide bonds. The average Bonchev–Trinajstić information content (AvgIpc) is 3.03. The summed E-state index contributed by atoms with van der Waals surface area (Å²) in [6.45, 7) is 12.8. The van der Waals surface area contributed by atoms with E-state index < -0.39 is 0 Å². The summed E-state index contributed by atoms with van der Waals surface area (Å²) in [5, 5.41) is 2.91. The average molecular weight is 655 g/mol. The standard InChI is InChI=1S/C39H76N2O5.H2/c1-5-8-11-18-26-35-45-38(43)29-20-14-12-16-23-32-41(34-25-22-31-40-36(4)42)33-24-17-13-15-21-30-39(44)46-37(27-10-7-3)28-19-9-6-2;/h37H,5-35H2,1-4H3,(H,40,42);1H. The predicted octanol–water partition coefficient (Wildman–Crippen LogP) is 10.3. The van der Waals surface area contributed by atoms with Crippen molar-refractivity contribution in [2.75, 3.05) is 32.8 Å². The molecule has 46 heavy (non-hydrogen) atoms. The molecule has 0 aromatic heterocycles. The van der Waals surface area contributed by atoms with Gasteiger partial charge in [0.1, 0.15) is 6.10 Å². The number of hydrogen-bond donors (Lipinski definition) is 1. The summed E-state index contributed by atoms with van der Waals surface area (Å²) >= 11 is 0. The first-order chi connectivity index (χ1) is 22.4. The number of nitrogens with one attached hydrogen (secondary N) is 1. The van der Waals surface area contributed by atoms with E-state index in [1.54, 1.807) is 6.92 Å². The smallest absolute Gasteiger partial charge is 0.306 e. The minimum absolute atomic E-state index is 0. The molecule has 7 heteroatoms. The summed E-state index contributed by atoms with van der Waals surface area (Å²) in [7, 11) is 0. The van der Waals surface area contributed by atoms with Crippen LogP contribution >= 0.6 is 0 Å². The second kappa shape index (κ2) is 34.7. The number of amides is 1. The number of carbonyl (C=O) groups excluding carboxylic acids is 3. The molecule has 0 fully saturated rings. The van der Waals surface area contributed by atoms with Gasteiger partial charge >= 0.3 is 11.9 Å². The molecule has 0 aliphatic rings. The molecule has 0 aromatic carbocycles. The van der Waals surface area contributed by atoms with Crippen LogP contribution in [-0.2, 0) is 23.9 Å². The Balaban J connectivity index is 0. The molecule has 0 aliphatic carbocycles. The van der Waals surface area contributed by atoms with Gasteiger partial charge in [0.15, 0.2) is 0 Å². The number of esters is 2. The van der Waals surface area contributed by atoms with Crippen LogP contribution in [0.4, 0.5) is 0 Å². The molecule has 0 saturated carbocycles. The molecule has 274 valence electrons. The topological polar surface area (TPSA) is 84.9 Å². The number of rotatable bonds is 35. The van der Waals surface area contributed by atoms with Crippen LogP contribution in [0.25, 0.3) is 0 Å². The van der Waals surface area contributed by atoms with Crippen LogP contribution in [0.5, 0.6) is 0 Å². The highest BCUT2D eigenvalue weighted by molar-refractivity contribution is 5.72. The van der Waals surface area contributed by atoms with Gasteiger partial charge in [0.2, 0.25) is 5.91 Å². The molecule has 1 unspecified atom stereocenters. The predicted molar refractivity (Wildman–Crippen MR) is 195 cm³/mol. The van der Waals surface area contributed by atoms with E-state index in [9.17, 15) is 14.4 Å². The zero-order chi connectivity index (χ0) is 33.9. The van der Waals surface area contributed by atoms with Crippen LogP contribution < -0.4 is 5.32 Å². The number of nitrogens with zero attached hydrogens (tertiary/aromatic N) is 1. The van der Waals surface area contributed by atoms with Crippen molar-refractivity contribution in [3.63, 3.8) is 0 Å². The molecule has 0 saturated heterocycles. The van der Waals surface area contributed by atoms with Gasteiger partial charge in [-0.2, -0.15) is 0 Å².